The predicted octanol–water partition coefficient (Wildman–Crippen LogP) is 2.97. The van der Waals surface area contributed by atoms with Crippen molar-refractivity contribution in [2.45, 2.75) is 32.6 Å². The van der Waals surface area contributed by atoms with E-state index in [4.69, 9.17) is 9.47 Å². The number of aromatic nitrogens is 1. The number of amides is 1. The molecule has 1 aromatic carbocycles. The molecule has 2 unspecified atom stereocenters. The van der Waals surface area contributed by atoms with Gasteiger partial charge in [-0.25, -0.2) is 4.98 Å². The highest BCUT2D eigenvalue weighted by Gasteiger charge is 2.28. The lowest BCUT2D eigenvalue weighted by atomic mass is 10.1. The van der Waals surface area contributed by atoms with Crippen molar-refractivity contribution in [3.8, 4) is 5.75 Å². The summed E-state index contributed by atoms with van der Waals surface area (Å²) in [4.78, 5) is 18.8. The van der Waals surface area contributed by atoms with Gasteiger partial charge in [0, 0.05) is 17.5 Å². The average Bonchev–Trinajstić information content (AvgIpc) is 3.08. The molecule has 0 aliphatic carbocycles. The highest BCUT2D eigenvalue weighted by Crippen LogP contribution is 2.20. The molecule has 5 nitrogen and oxygen atoms in total. The Labute approximate surface area is 139 Å². The Morgan fingerprint density at radius 1 is 1.48 bits per heavy atom. The number of hydrogen-bond acceptors (Lipinski definition) is 5. The molecule has 122 valence electrons. The number of thiazole rings is 1. The second-order valence-corrected chi connectivity index (χ2v) is 6.47. The number of carbonyl (C=O) groups is 1. The van der Waals surface area contributed by atoms with Gasteiger partial charge in [0.05, 0.1) is 30.0 Å². The van der Waals surface area contributed by atoms with Crippen molar-refractivity contribution < 1.29 is 14.3 Å². The van der Waals surface area contributed by atoms with E-state index in [9.17, 15) is 4.79 Å². The summed E-state index contributed by atoms with van der Waals surface area (Å²) in [5.41, 5.74) is 3.31. The average molecular weight is 332 g/mol. The first-order chi connectivity index (χ1) is 11.1. The Morgan fingerprint density at radius 3 is 3.13 bits per heavy atom. The normalized spacial score (nSPS) is 21.2. The Morgan fingerprint density at radius 2 is 2.35 bits per heavy atom. The molecule has 2 heterocycles. The maximum absolute atomic E-state index is 12.7. The lowest BCUT2D eigenvalue weighted by molar-refractivity contribution is -0.0387. The zero-order chi connectivity index (χ0) is 16.2. The summed E-state index contributed by atoms with van der Waals surface area (Å²) < 4.78 is 11.3. The number of carbonyl (C=O) groups excluding carboxylic acids is 1. The molecule has 23 heavy (non-hydrogen) atoms. The van der Waals surface area contributed by atoms with Crippen molar-refractivity contribution in [2.75, 3.05) is 13.2 Å². The van der Waals surface area contributed by atoms with E-state index < -0.39 is 0 Å². The van der Waals surface area contributed by atoms with Crippen molar-refractivity contribution in [2.24, 2.45) is 0 Å². The van der Waals surface area contributed by atoms with Crippen LogP contribution < -0.4 is 4.74 Å². The van der Waals surface area contributed by atoms with Crippen molar-refractivity contribution in [1.29, 1.82) is 0 Å². The van der Waals surface area contributed by atoms with Gasteiger partial charge in [-0.15, -0.1) is 11.3 Å². The van der Waals surface area contributed by atoms with Gasteiger partial charge in [-0.1, -0.05) is 6.07 Å². The zero-order valence-electron chi connectivity index (χ0n) is 13.3. The van der Waals surface area contributed by atoms with Crippen LogP contribution in [0.25, 0.3) is 0 Å². The number of nitrogens with zero attached hydrogens (tertiary/aromatic N) is 2. The molecule has 0 saturated carbocycles. The topological polar surface area (TPSA) is 51.7 Å². The molecule has 0 radical (unpaired) electrons. The van der Waals surface area contributed by atoms with Gasteiger partial charge in [0.15, 0.2) is 0 Å². The Hall–Kier alpha value is -1.92. The van der Waals surface area contributed by atoms with Gasteiger partial charge in [-0.3, -0.25) is 4.79 Å². The van der Waals surface area contributed by atoms with Crippen molar-refractivity contribution >= 4 is 17.2 Å². The first-order valence-electron chi connectivity index (χ1n) is 7.66. The number of benzene rings is 1. The number of morpholine rings is 1. The molecule has 2 aromatic rings. The summed E-state index contributed by atoms with van der Waals surface area (Å²) in [6.07, 6.45) is 0.0687. The van der Waals surface area contributed by atoms with E-state index in [1.165, 1.54) is 11.3 Å². The van der Waals surface area contributed by atoms with Gasteiger partial charge < -0.3 is 14.4 Å². The zero-order valence-corrected chi connectivity index (χ0v) is 14.1. The Bertz CT molecular complexity index is 660. The minimum atomic E-state index is 0.0201. The maximum atomic E-state index is 12.7. The van der Waals surface area contributed by atoms with Gasteiger partial charge in [0.1, 0.15) is 12.4 Å². The van der Waals surface area contributed by atoms with Crippen LogP contribution in [0, 0.1) is 0 Å². The van der Waals surface area contributed by atoms with E-state index in [0.29, 0.717) is 31.1 Å². The molecule has 1 amide bonds. The van der Waals surface area contributed by atoms with Gasteiger partial charge in [0.25, 0.3) is 5.91 Å². The molecule has 0 N–H and O–H groups in total. The van der Waals surface area contributed by atoms with Crippen LogP contribution in [0.4, 0.5) is 0 Å². The molecule has 1 aliphatic heterocycles. The molecule has 6 heteroatoms. The second kappa shape index (κ2) is 7.10. The molecule has 1 aromatic heterocycles. The fourth-order valence-corrected chi connectivity index (χ4v) is 3.08. The van der Waals surface area contributed by atoms with Crippen LogP contribution in [0.15, 0.2) is 35.2 Å². The summed E-state index contributed by atoms with van der Waals surface area (Å²) in [5, 5.41) is 1.95. The summed E-state index contributed by atoms with van der Waals surface area (Å²) in [6, 6.07) is 7.40. The molecule has 0 spiro atoms. The summed E-state index contributed by atoms with van der Waals surface area (Å²) in [7, 11) is 0. The van der Waals surface area contributed by atoms with E-state index >= 15 is 0 Å². The van der Waals surface area contributed by atoms with Crippen LogP contribution in [0.2, 0.25) is 0 Å². The van der Waals surface area contributed by atoms with Crippen LogP contribution >= 0.6 is 11.3 Å². The van der Waals surface area contributed by atoms with Crippen LogP contribution in [-0.2, 0) is 11.3 Å². The third kappa shape index (κ3) is 3.89. The van der Waals surface area contributed by atoms with Crippen molar-refractivity contribution in [3.05, 3.63) is 46.4 Å². The van der Waals surface area contributed by atoms with Gasteiger partial charge >= 0.3 is 0 Å². The molecule has 3 rings (SSSR count). The fourth-order valence-electron chi connectivity index (χ4n) is 2.54. The SMILES string of the molecule is CC1CN(C(=O)c2cccc(OCc3cscn3)c2)C(C)CO1. The third-order valence-corrected chi connectivity index (χ3v) is 4.46. The largest absolute Gasteiger partial charge is 0.487 e. The monoisotopic (exact) mass is 332 g/mol. The molecular weight excluding hydrogens is 312 g/mol. The third-order valence-electron chi connectivity index (χ3n) is 3.82. The predicted molar refractivity (Wildman–Crippen MR) is 88.8 cm³/mol. The van der Waals surface area contributed by atoms with Crippen LogP contribution in [0.5, 0.6) is 5.75 Å². The Kier molecular flexibility index (Phi) is 4.93. The highest BCUT2D eigenvalue weighted by atomic mass is 32.1. The van der Waals surface area contributed by atoms with E-state index in [2.05, 4.69) is 4.98 Å². The number of hydrogen-bond donors (Lipinski definition) is 0. The lowest BCUT2D eigenvalue weighted by Crippen LogP contribution is -2.50. The van der Waals surface area contributed by atoms with E-state index in [1.807, 2.05) is 42.3 Å². The van der Waals surface area contributed by atoms with Gasteiger partial charge in [-0.05, 0) is 32.0 Å². The molecular formula is C17H20N2O3S. The van der Waals surface area contributed by atoms with Gasteiger partial charge in [-0.2, -0.15) is 0 Å². The smallest absolute Gasteiger partial charge is 0.254 e. The molecule has 1 fully saturated rings. The summed E-state index contributed by atoms with van der Waals surface area (Å²) in [5.74, 6) is 0.699. The molecule has 1 aliphatic rings. The first kappa shape index (κ1) is 16.0. The van der Waals surface area contributed by atoms with Crippen LogP contribution in [0.1, 0.15) is 29.9 Å². The van der Waals surface area contributed by atoms with Crippen LogP contribution in [0.3, 0.4) is 0 Å². The quantitative estimate of drug-likeness (QED) is 0.864. The highest BCUT2D eigenvalue weighted by molar-refractivity contribution is 7.07. The van der Waals surface area contributed by atoms with Crippen molar-refractivity contribution in [3.63, 3.8) is 0 Å². The number of ether oxygens (including phenoxy) is 2. The summed E-state index contributed by atoms with van der Waals surface area (Å²) in [6.45, 7) is 5.59. The van der Waals surface area contributed by atoms with E-state index in [0.717, 1.165) is 5.69 Å². The standard InChI is InChI=1S/C17H20N2O3S/c1-12-8-21-13(2)7-19(12)17(20)14-4-3-5-16(6-14)22-9-15-10-23-11-18-15/h3-6,10-13H,7-9H2,1-2H3. The van der Waals surface area contributed by atoms with Gasteiger partial charge in [0.2, 0.25) is 0 Å². The fraction of sp³-hybridized carbons (Fsp3) is 0.412. The van der Waals surface area contributed by atoms with E-state index in [1.54, 1.807) is 11.6 Å². The number of rotatable bonds is 4. The molecule has 0 bridgehead atoms. The van der Waals surface area contributed by atoms with Crippen molar-refractivity contribution in [1.82, 2.24) is 9.88 Å². The first-order valence-corrected chi connectivity index (χ1v) is 8.60. The molecule has 1 saturated heterocycles. The lowest BCUT2D eigenvalue weighted by Gasteiger charge is -2.36. The second-order valence-electron chi connectivity index (χ2n) is 5.75. The minimum absolute atomic E-state index is 0.0201. The Balaban J connectivity index is 1.69. The molecule has 2 atom stereocenters. The van der Waals surface area contributed by atoms with Crippen LogP contribution in [-0.4, -0.2) is 41.1 Å². The van der Waals surface area contributed by atoms with E-state index in [-0.39, 0.29) is 18.1 Å². The summed E-state index contributed by atoms with van der Waals surface area (Å²) >= 11 is 1.54. The maximum Gasteiger partial charge on any atom is 0.254 e. The minimum Gasteiger partial charge on any atom is -0.487 e.